The van der Waals surface area contributed by atoms with Gasteiger partial charge in [-0.1, -0.05) is 25.1 Å². The average Bonchev–Trinajstić information content (AvgIpc) is 2.41. The standard InChI is InChI=1S/C14H18F5NO/c1-2-20-12(7-8-21-9-13(15)16)10-5-3-4-6-11(10)14(17,18)19/h3-6,12-13,20H,2,7-9H2,1H3. The summed E-state index contributed by atoms with van der Waals surface area (Å²) in [6, 6.07) is 4.66. The molecule has 0 spiro atoms. The highest BCUT2D eigenvalue weighted by Crippen LogP contribution is 2.35. The first kappa shape index (κ1) is 17.8. The largest absolute Gasteiger partial charge is 0.416 e. The van der Waals surface area contributed by atoms with Crippen LogP contribution in [0.15, 0.2) is 24.3 Å². The molecule has 1 aromatic carbocycles. The second-order valence-corrected chi connectivity index (χ2v) is 4.45. The molecule has 0 aromatic heterocycles. The SMILES string of the molecule is CCNC(CCOCC(F)F)c1ccccc1C(F)(F)F. The predicted octanol–water partition coefficient (Wildman–Crippen LogP) is 4.03. The molecule has 1 aromatic rings. The minimum absolute atomic E-state index is 0.0335. The lowest BCUT2D eigenvalue weighted by molar-refractivity contribution is -0.138. The van der Waals surface area contributed by atoms with Crippen LogP contribution in [0.3, 0.4) is 0 Å². The van der Waals surface area contributed by atoms with Crippen LogP contribution in [0.2, 0.25) is 0 Å². The second-order valence-electron chi connectivity index (χ2n) is 4.45. The maximum atomic E-state index is 13.0. The summed E-state index contributed by atoms with van der Waals surface area (Å²) in [4.78, 5) is 0. The number of halogens is 5. The Bertz CT molecular complexity index is 422. The van der Waals surface area contributed by atoms with E-state index < -0.39 is 30.8 Å². The maximum absolute atomic E-state index is 13.0. The van der Waals surface area contributed by atoms with Crippen LogP contribution in [-0.2, 0) is 10.9 Å². The summed E-state index contributed by atoms with van der Waals surface area (Å²) in [5.41, 5.74) is -0.614. The van der Waals surface area contributed by atoms with Gasteiger partial charge in [-0.25, -0.2) is 8.78 Å². The minimum Gasteiger partial charge on any atom is -0.375 e. The predicted molar refractivity (Wildman–Crippen MR) is 69.3 cm³/mol. The Kier molecular flexibility index (Phi) is 7.04. The molecule has 1 unspecified atom stereocenters. The highest BCUT2D eigenvalue weighted by Gasteiger charge is 2.34. The fourth-order valence-corrected chi connectivity index (χ4v) is 2.05. The van der Waals surface area contributed by atoms with Crippen molar-refractivity contribution in [3.63, 3.8) is 0 Å². The van der Waals surface area contributed by atoms with Crippen LogP contribution in [0.4, 0.5) is 22.0 Å². The molecule has 0 amide bonds. The Hall–Kier alpha value is -1.21. The van der Waals surface area contributed by atoms with Crippen LogP contribution < -0.4 is 5.32 Å². The number of ether oxygens (including phenoxy) is 1. The number of benzene rings is 1. The van der Waals surface area contributed by atoms with Crippen molar-refractivity contribution in [1.82, 2.24) is 5.32 Å². The van der Waals surface area contributed by atoms with Gasteiger partial charge in [-0.15, -0.1) is 0 Å². The molecule has 0 saturated heterocycles. The van der Waals surface area contributed by atoms with Gasteiger partial charge in [0.05, 0.1) is 5.56 Å². The molecule has 1 rings (SSSR count). The molecule has 0 saturated carbocycles. The first-order valence-corrected chi connectivity index (χ1v) is 6.61. The van der Waals surface area contributed by atoms with Crippen LogP contribution in [0.25, 0.3) is 0 Å². The zero-order valence-corrected chi connectivity index (χ0v) is 11.6. The highest BCUT2D eigenvalue weighted by molar-refractivity contribution is 5.32. The van der Waals surface area contributed by atoms with Crippen molar-refractivity contribution in [3.05, 3.63) is 35.4 Å². The molecule has 0 heterocycles. The van der Waals surface area contributed by atoms with E-state index in [1.165, 1.54) is 18.2 Å². The molecule has 1 atom stereocenters. The first-order valence-electron chi connectivity index (χ1n) is 6.61. The molecule has 0 bridgehead atoms. The summed E-state index contributed by atoms with van der Waals surface area (Å²) in [6.45, 7) is 1.49. The van der Waals surface area contributed by atoms with E-state index in [4.69, 9.17) is 4.74 Å². The maximum Gasteiger partial charge on any atom is 0.416 e. The number of rotatable bonds is 8. The third kappa shape index (κ3) is 5.97. The van der Waals surface area contributed by atoms with Gasteiger partial charge in [0.25, 0.3) is 6.43 Å². The summed E-state index contributed by atoms with van der Waals surface area (Å²) in [5.74, 6) is 0. The van der Waals surface area contributed by atoms with Gasteiger partial charge in [-0.2, -0.15) is 13.2 Å². The molecular weight excluding hydrogens is 293 g/mol. The summed E-state index contributed by atoms with van der Waals surface area (Å²) >= 11 is 0. The Morgan fingerprint density at radius 2 is 1.86 bits per heavy atom. The Morgan fingerprint density at radius 1 is 1.19 bits per heavy atom. The second kappa shape index (κ2) is 8.29. The van der Waals surface area contributed by atoms with E-state index in [0.29, 0.717) is 6.54 Å². The van der Waals surface area contributed by atoms with Crippen molar-refractivity contribution in [2.45, 2.75) is 32.0 Å². The fraction of sp³-hybridized carbons (Fsp3) is 0.571. The summed E-state index contributed by atoms with van der Waals surface area (Å²) < 4.78 is 67.6. The number of hydrogen-bond donors (Lipinski definition) is 1. The molecule has 1 N–H and O–H groups in total. The monoisotopic (exact) mass is 311 g/mol. The van der Waals surface area contributed by atoms with Crippen molar-refractivity contribution in [1.29, 1.82) is 0 Å². The summed E-state index contributed by atoms with van der Waals surface area (Å²) in [5, 5.41) is 2.93. The normalized spacial score (nSPS) is 13.7. The fourth-order valence-electron chi connectivity index (χ4n) is 2.05. The molecule has 2 nitrogen and oxygen atoms in total. The van der Waals surface area contributed by atoms with Gasteiger partial charge < -0.3 is 10.1 Å². The van der Waals surface area contributed by atoms with Crippen molar-refractivity contribution >= 4 is 0 Å². The minimum atomic E-state index is -4.45. The molecule has 0 aliphatic heterocycles. The average molecular weight is 311 g/mol. The van der Waals surface area contributed by atoms with Crippen LogP contribution in [0.5, 0.6) is 0 Å². The molecule has 0 fully saturated rings. The quantitative estimate of drug-likeness (QED) is 0.578. The van der Waals surface area contributed by atoms with E-state index in [0.717, 1.165) is 6.07 Å². The van der Waals surface area contributed by atoms with Crippen LogP contribution in [0.1, 0.15) is 30.5 Å². The molecule has 0 radical (unpaired) electrons. The van der Waals surface area contributed by atoms with Crippen LogP contribution in [-0.4, -0.2) is 26.2 Å². The number of hydrogen-bond acceptors (Lipinski definition) is 2. The van der Waals surface area contributed by atoms with Crippen LogP contribution in [0, 0.1) is 0 Å². The highest BCUT2D eigenvalue weighted by atomic mass is 19.4. The molecule has 0 aliphatic rings. The van der Waals surface area contributed by atoms with Crippen LogP contribution >= 0.6 is 0 Å². The van der Waals surface area contributed by atoms with Gasteiger partial charge in [0, 0.05) is 12.6 Å². The van der Waals surface area contributed by atoms with Gasteiger partial charge in [-0.05, 0) is 24.6 Å². The van der Waals surface area contributed by atoms with E-state index >= 15 is 0 Å². The first-order chi connectivity index (χ1) is 9.86. The van der Waals surface area contributed by atoms with Gasteiger partial charge >= 0.3 is 6.18 Å². The van der Waals surface area contributed by atoms with Gasteiger partial charge in [0.15, 0.2) is 0 Å². The van der Waals surface area contributed by atoms with Crippen molar-refractivity contribution in [2.24, 2.45) is 0 Å². The molecule has 7 heteroatoms. The lowest BCUT2D eigenvalue weighted by atomic mass is 9.97. The van der Waals surface area contributed by atoms with Gasteiger partial charge in [0.2, 0.25) is 0 Å². The summed E-state index contributed by atoms with van der Waals surface area (Å²) in [7, 11) is 0. The van der Waals surface area contributed by atoms with Crippen molar-refractivity contribution in [3.8, 4) is 0 Å². The number of alkyl halides is 5. The molecule has 120 valence electrons. The van der Waals surface area contributed by atoms with E-state index in [9.17, 15) is 22.0 Å². The summed E-state index contributed by atoms with van der Waals surface area (Å²) in [6.07, 6.45) is -6.84. The smallest absolute Gasteiger partial charge is 0.375 e. The zero-order valence-electron chi connectivity index (χ0n) is 11.6. The topological polar surface area (TPSA) is 21.3 Å². The zero-order chi connectivity index (χ0) is 15.9. The molecule has 0 aliphatic carbocycles. The molecular formula is C14H18F5NO. The Morgan fingerprint density at radius 3 is 2.43 bits per heavy atom. The van der Waals surface area contributed by atoms with Gasteiger partial charge in [0.1, 0.15) is 6.61 Å². The lowest BCUT2D eigenvalue weighted by Gasteiger charge is -2.22. The lowest BCUT2D eigenvalue weighted by Crippen LogP contribution is -2.25. The third-order valence-corrected chi connectivity index (χ3v) is 2.89. The molecule has 21 heavy (non-hydrogen) atoms. The van der Waals surface area contributed by atoms with Gasteiger partial charge in [-0.3, -0.25) is 0 Å². The number of nitrogens with one attached hydrogen (secondary N) is 1. The van der Waals surface area contributed by atoms with E-state index in [1.807, 2.05) is 0 Å². The Balaban J connectivity index is 2.81. The van der Waals surface area contributed by atoms with E-state index in [2.05, 4.69) is 5.32 Å². The van der Waals surface area contributed by atoms with Crippen molar-refractivity contribution in [2.75, 3.05) is 19.8 Å². The van der Waals surface area contributed by atoms with Crippen molar-refractivity contribution < 1.29 is 26.7 Å². The Labute approximate surface area is 120 Å². The van der Waals surface area contributed by atoms with E-state index in [-0.39, 0.29) is 18.6 Å². The third-order valence-electron chi connectivity index (χ3n) is 2.89. The van der Waals surface area contributed by atoms with E-state index in [1.54, 1.807) is 6.92 Å².